The topological polar surface area (TPSA) is 0 Å². The van der Waals surface area contributed by atoms with Gasteiger partial charge in [-0.25, -0.2) is 0 Å². The molecule has 0 spiro atoms. The second-order valence-electron chi connectivity index (χ2n) is 3.66. The molecule has 0 fully saturated rings. The molecule has 0 N–H and O–H groups in total. The van der Waals surface area contributed by atoms with E-state index in [0.29, 0.717) is 0 Å². The van der Waals surface area contributed by atoms with Crippen molar-refractivity contribution in [3.8, 4) is 0 Å². The van der Waals surface area contributed by atoms with E-state index in [0.717, 1.165) is 39.2 Å². The molecule has 0 amide bonds. The smallest absolute Gasteiger partial charge is 0.0308 e. The third-order valence-electron chi connectivity index (χ3n) is 2.13. The SMILES string of the molecule is Sc1cc(S)c(S)c(S)c1.Sc1cc(S)c(S)cc1S. The first kappa shape index (κ1) is 19.3. The predicted octanol–water partition coefficient (Wildman–Crippen LogP) is 5.68. The van der Waals surface area contributed by atoms with Gasteiger partial charge in [0.2, 0.25) is 0 Å². The highest BCUT2D eigenvalue weighted by Crippen LogP contribution is 2.28. The number of hydrogen-bond acceptors (Lipinski definition) is 8. The molecule has 2 rings (SSSR count). The van der Waals surface area contributed by atoms with Crippen molar-refractivity contribution in [1.82, 2.24) is 0 Å². The fraction of sp³-hybridized carbons (Fsp3) is 0. The molecule has 0 aliphatic rings. The molecular formula is C12H12S8. The maximum absolute atomic E-state index is 4.17. The van der Waals surface area contributed by atoms with Crippen molar-refractivity contribution in [2.24, 2.45) is 0 Å². The van der Waals surface area contributed by atoms with Gasteiger partial charge in [-0.15, -0.1) is 101 Å². The molecule has 0 unspecified atom stereocenters. The zero-order valence-electron chi connectivity index (χ0n) is 9.89. The Morgan fingerprint density at radius 2 is 0.700 bits per heavy atom. The first-order valence-corrected chi connectivity index (χ1v) is 8.68. The van der Waals surface area contributed by atoms with Crippen LogP contribution >= 0.6 is 101 Å². The lowest BCUT2D eigenvalue weighted by Crippen LogP contribution is -1.75. The maximum atomic E-state index is 4.17. The van der Waals surface area contributed by atoms with E-state index in [4.69, 9.17) is 0 Å². The molecule has 0 aliphatic carbocycles. The monoisotopic (exact) mass is 412 g/mol. The van der Waals surface area contributed by atoms with Gasteiger partial charge in [-0.05, 0) is 24.3 Å². The Bertz CT molecular complexity index is 550. The molecule has 0 saturated heterocycles. The summed E-state index contributed by atoms with van der Waals surface area (Å²) in [4.78, 5) is 6.56. The van der Waals surface area contributed by atoms with E-state index < -0.39 is 0 Å². The van der Waals surface area contributed by atoms with E-state index in [2.05, 4.69) is 101 Å². The Balaban J connectivity index is 0.000000200. The van der Waals surface area contributed by atoms with Gasteiger partial charge < -0.3 is 0 Å². The van der Waals surface area contributed by atoms with Crippen LogP contribution in [-0.4, -0.2) is 0 Å². The van der Waals surface area contributed by atoms with Gasteiger partial charge in [0.05, 0.1) is 0 Å². The molecule has 2 aromatic carbocycles. The largest absolute Gasteiger partial charge is 0.143 e. The summed E-state index contributed by atoms with van der Waals surface area (Å²) < 4.78 is 0. The minimum Gasteiger partial charge on any atom is -0.143 e. The predicted molar refractivity (Wildman–Crippen MR) is 111 cm³/mol. The zero-order chi connectivity index (χ0) is 15.4. The van der Waals surface area contributed by atoms with Crippen molar-refractivity contribution in [3.63, 3.8) is 0 Å². The van der Waals surface area contributed by atoms with Gasteiger partial charge in [-0.2, -0.15) is 0 Å². The minimum absolute atomic E-state index is 0.796. The second kappa shape index (κ2) is 8.76. The molecule has 2 aromatic rings. The average Bonchev–Trinajstić information content (AvgIpc) is 2.34. The van der Waals surface area contributed by atoms with Crippen molar-refractivity contribution in [1.29, 1.82) is 0 Å². The van der Waals surface area contributed by atoms with Crippen molar-refractivity contribution in [2.45, 2.75) is 39.2 Å². The lowest BCUT2D eigenvalue weighted by Gasteiger charge is -2.01. The number of benzene rings is 2. The fourth-order valence-corrected chi connectivity index (χ4v) is 3.32. The fourth-order valence-electron chi connectivity index (χ4n) is 1.14. The molecule has 0 atom stereocenters. The first-order valence-electron chi connectivity index (χ1n) is 5.10. The molecule has 20 heavy (non-hydrogen) atoms. The molecule has 8 heteroatoms. The molecule has 0 bridgehead atoms. The normalized spacial score (nSPS) is 10.0. The van der Waals surface area contributed by atoms with E-state index >= 15 is 0 Å². The second-order valence-corrected chi connectivity index (χ2v) is 7.52. The van der Waals surface area contributed by atoms with Crippen LogP contribution in [0.3, 0.4) is 0 Å². The number of rotatable bonds is 0. The molecule has 0 radical (unpaired) electrons. The van der Waals surface area contributed by atoms with Crippen LogP contribution in [-0.2, 0) is 0 Å². The quantitative estimate of drug-likeness (QED) is 0.251. The standard InChI is InChI=1S/2C6H6S4/c7-3-1-4(8)6(10)2-5(3)9;7-3-1-4(8)6(10)5(9)2-3/h2*1-2,7-10H. The molecule has 0 aromatic heterocycles. The third kappa shape index (κ3) is 5.79. The molecular weight excluding hydrogens is 401 g/mol. The lowest BCUT2D eigenvalue weighted by atomic mass is 10.3. The summed E-state index contributed by atoms with van der Waals surface area (Å²) in [6.07, 6.45) is 0. The van der Waals surface area contributed by atoms with E-state index in [1.807, 2.05) is 24.3 Å². The lowest BCUT2D eigenvalue weighted by molar-refractivity contribution is 1.09. The van der Waals surface area contributed by atoms with Gasteiger partial charge in [-0.1, -0.05) is 0 Å². The van der Waals surface area contributed by atoms with E-state index in [9.17, 15) is 0 Å². The van der Waals surface area contributed by atoms with Crippen molar-refractivity contribution in [3.05, 3.63) is 24.3 Å². The van der Waals surface area contributed by atoms with Crippen LogP contribution in [0.25, 0.3) is 0 Å². The summed E-state index contributed by atoms with van der Waals surface area (Å²) in [6.45, 7) is 0. The number of thiol groups is 8. The van der Waals surface area contributed by atoms with Gasteiger partial charge in [0, 0.05) is 39.2 Å². The maximum Gasteiger partial charge on any atom is 0.0308 e. The highest BCUT2D eigenvalue weighted by atomic mass is 32.1. The van der Waals surface area contributed by atoms with Crippen molar-refractivity contribution >= 4 is 101 Å². The van der Waals surface area contributed by atoms with Gasteiger partial charge in [0.15, 0.2) is 0 Å². The third-order valence-corrected chi connectivity index (χ3v) is 5.76. The van der Waals surface area contributed by atoms with Crippen LogP contribution < -0.4 is 0 Å². The Labute approximate surface area is 163 Å². The Morgan fingerprint density at radius 3 is 1.00 bits per heavy atom. The van der Waals surface area contributed by atoms with Gasteiger partial charge in [0.25, 0.3) is 0 Å². The van der Waals surface area contributed by atoms with E-state index in [1.54, 1.807) is 0 Å². The highest BCUT2D eigenvalue weighted by Gasteiger charge is 1.99. The molecule has 0 saturated carbocycles. The Hall–Kier alpha value is 1.24. The molecule has 0 nitrogen and oxygen atoms in total. The summed E-state index contributed by atoms with van der Waals surface area (Å²) in [5, 5.41) is 0. The van der Waals surface area contributed by atoms with Crippen molar-refractivity contribution in [2.75, 3.05) is 0 Å². The zero-order valence-corrected chi connectivity index (χ0v) is 17.0. The van der Waals surface area contributed by atoms with Crippen LogP contribution in [0.2, 0.25) is 0 Å². The van der Waals surface area contributed by atoms with Crippen molar-refractivity contribution < 1.29 is 0 Å². The van der Waals surface area contributed by atoms with Gasteiger partial charge in [-0.3, -0.25) is 0 Å². The van der Waals surface area contributed by atoms with Gasteiger partial charge >= 0.3 is 0 Å². The Kier molecular flexibility index (Phi) is 8.45. The first-order chi connectivity index (χ1) is 9.22. The van der Waals surface area contributed by atoms with Crippen LogP contribution in [0.5, 0.6) is 0 Å². The number of hydrogen-bond donors (Lipinski definition) is 8. The van der Waals surface area contributed by atoms with Crippen LogP contribution in [0.4, 0.5) is 0 Å². The van der Waals surface area contributed by atoms with E-state index in [1.165, 1.54) is 0 Å². The average molecular weight is 413 g/mol. The summed E-state index contributed by atoms with van der Waals surface area (Å²) in [5.41, 5.74) is 0. The van der Waals surface area contributed by atoms with E-state index in [-0.39, 0.29) is 0 Å². The summed E-state index contributed by atoms with van der Waals surface area (Å²) in [5.74, 6) is 0. The summed E-state index contributed by atoms with van der Waals surface area (Å²) in [6, 6.07) is 7.29. The molecule has 0 aliphatic heterocycles. The highest BCUT2D eigenvalue weighted by molar-refractivity contribution is 7.85. The van der Waals surface area contributed by atoms with Gasteiger partial charge in [0.1, 0.15) is 0 Å². The summed E-state index contributed by atoms with van der Waals surface area (Å²) in [7, 11) is 0. The molecule has 0 heterocycles. The minimum atomic E-state index is 0.796. The van der Waals surface area contributed by atoms with Crippen LogP contribution in [0.15, 0.2) is 63.4 Å². The summed E-state index contributed by atoms with van der Waals surface area (Å²) >= 11 is 33.3. The Morgan fingerprint density at radius 1 is 0.400 bits per heavy atom. The van der Waals surface area contributed by atoms with Crippen LogP contribution in [0, 0.1) is 0 Å². The molecule has 108 valence electrons. The van der Waals surface area contributed by atoms with Crippen LogP contribution in [0.1, 0.15) is 0 Å².